The van der Waals surface area contributed by atoms with Gasteiger partial charge in [0.15, 0.2) is 16.9 Å². The van der Waals surface area contributed by atoms with Crippen LogP contribution in [0, 0.1) is 6.33 Å². The summed E-state index contributed by atoms with van der Waals surface area (Å²) in [4.78, 5) is 4.82. The van der Waals surface area contributed by atoms with E-state index in [2.05, 4.69) is 55.9 Å². The number of ether oxygens (including phenoxy) is 1. The second-order valence-electron chi connectivity index (χ2n) is 15.5. The highest BCUT2D eigenvalue weighted by Gasteiger charge is 2.24. The average Bonchev–Trinajstić information content (AvgIpc) is 4.12. The fourth-order valence-electron chi connectivity index (χ4n) is 8.15. The van der Waals surface area contributed by atoms with E-state index >= 15 is 0 Å². The van der Waals surface area contributed by atoms with Crippen LogP contribution in [0.3, 0.4) is 0 Å². The van der Waals surface area contributed by atoms with E-state index in [0.29, 0.717) is 28.2 Å². The molecule has 7 aromatic carbocycles. The lowest BCUT2D eigenvalue weighted by Gasteiger charge is -2.20. The molecular formula is C52H36N4O3. The van der Waals surface area contributed by atoms with E-state index in [0.717, 1.165) is 33.2 Å². The Bertz CT molecular complexity index is 4070. The van der Waals surface area contributed by atoms with E-state index < -0.39 is 48.3 Å². The highest BCUT2D eigenvalue weighted by atomic mass is 16.5. The molecule has 5 aromatic heterocycles. The molecule has 0 spiro atoms. The number of aromatic nitrogens is 4. The maximum absolute atomic E-state index is 9.58. The Hall–Kier alpha value is -7.64. The monoisotopic (exact) mass is 773 g/mol. The standard InChI is InChI=1S/C52H36N4O3/c1-52(2,3)32-25-26-53-48(27-32)56-42-18-7-4-15-36(42)37-24-23-35(29-45(37)56)57-34-14-12-13-33(28-34)54-31-55(44-20-9-8-19-43(44)54)49-50-40(38-16-5-10-21-46(38)58-50)30-41-39-17-6-11-22-47(39)59-51(41)49/h4-30H,1-3H3/i5D,6D,10D,11D,16D,17D,21D,22D,30D. The third kappa shape index (κ3) is 5.14. The third-order valence-electron chi connectivity index (χ3n) is 10.9. The summed E-state index contributed by atoms with van der Waals surface area (Å²) in [6.45, 7) is 6.54. The predicted octanol–water partition coefficient (Wildman–Crippen LogP) is 13.1. The fourth-order valence-corrected chi connectivity index (χ4v) is 8.15. The molecule has 0 fully saturated rings. The SMILES string of the molecule is [2H]c1c([2H])c([2H])c2c(oc3c(-[n+]4[c-]n(-c5cccc(Oc6ccc7c8ccccc8n(-c8cc(C(C)(C)C)ccn8)c7c6)c5)c5ccccc54)c4oc5c([2H])c([2H])c([2H])c([2H])c5c4c([2H])c32)c1[2H]. The van der Waals surface area contributed by atoms with Gasteiger partial charge in [0, 0.05) is 44.6 Å². The van der Waals surface area contributed by atoms with Gasteiger partial charge in [-0.3, -0.25) is 13.7 Å². The summed E-state index contributed by atoms with van der Waals surface area (Å²) in [6.07, 6.45) is 5.29. The third-order valence-corrected chi connectivity index (χ3v) is 10.9. The van der Waals surface area contributed by atoms with Crippen molar-refractivity contribution in [1.29, 1.82) is 0 Å². The topological polar surface area (TPSA) is 62.1 Å². The molecule has 7 nitrogen and oxygen atoms in total. The van der Waals surface area contributed by atoms with Crippen LogP contribution in [0.5, 0.6) is 11.5 Å². The van der Waals surface area contributed by atoms with Crippen LogP contribution < -0.4 is 9.30 Å². The molecule has 0 aliphatic rings. The van der Waals surface area contributed by atoms with E-state index in [1.54, 1.807) is 9.13 Å². The Morgan fingerprint density at radius 2 is 1.32 bits per heavy atom. The van der Waals surface area contributed by atoms with E-state index in [1.807, 2.05) is 85.1 Å². The summed E-state index contributed by atoms with van der Waals surface area (Å²) in [5, 5.41) is 2.09. The highest BCUT2D eigenvalue weighted by Crippen LogP contribution is 2.41. The van der Waals surface area contributed by atoms with Crippen LogP contribution in [0.4, 0.5) is 0 Å². The van der Waals surface area contributed by atoms with Crippen molar-refractivity contribution >= 4 is 76.7 Å². The van der Waals surface area contributed by atoms with Crippen LogP contribution in [-0.2, 0) is 5.41 Å². The molecule has 0 bridgehead atoms. The largest absolute Gasteiger partial charge is 0.459 e. The lowest BCUT2D eigenvalue weighted by molar-refractivity contribution is -0.570. The number of nitrogens with zero attached hydrogens (tertiary/aromatic N) is 4. The first-order valence-electron chi connectivity index (χ1n) is 23.6. The number of furan rings is 2. The molecule has 0 N–H and O–H groups in total. The first kappa shape index (κ1) is 25.6. The molecule has 0 amide bonds. The van der Waals surface area contributed by atoms with Crippen molar-refractivity contribution < 1.29 is 30.5 Å². The molecule has 5 heterocycles. The minimum atomic E-state index is -0.520. The minimum absolute atomic E-state index is 0.0198. The molecule has 12 rings (SSSR count). The number of pyridine rings is 1. The Kier molecular flexibility index (Phi) is 5.39. The lowest BCUT2D eigenvalue weighted by atomic mass is 9.88. The maximum Gasteiger partial charge on any atom is 0.270 e. The molecule has 0 atom stereocenters. The number of hydrogen-bond acceptors (Lipinski definition) is 4. The van der Waals surface area contributed by atoms with Crippen LogP contribution in [0.1, 0.15) is 38.7 Å². The van der Waals surface area contributed by atoms with Crippen molar-refractivity contribution in [2.45, 2.75) is 26.2 Å². The predicted molar refractivity (Wildman–Crippen MR) is 236 cm³/mol. The molecule has 12 aromatic rings. The summed E-state index contributed by atoms with van der Waals surface area (Å²) in [6, 6.07) is 29.3. The molecule has 0 saturated carbocycles. The van der Waals surface area contributed by atoms with E-state index in [1.165, 1.54) is 0 Å². The van der Waals surface area contributed by atoms with Crippen LogP contribution >= 0.6 is 0 Å². The zero-order chi connectivity index (χ0) is 47.2. The quantitative estimate of drug-likeness (QED) is 0.129. The van der Waals surface area contributed by atoms with Crippen molar-refractivity contribution in [3.8, 4) is 28.7 Å². The van der Waals surface area contributed by atoms with Crippen molar-refractivity contribution in [2.75, 3.05) is 0 Å². The molecule has 59 heavy (non-hydrogen) atoms. The summed E-state index contributed by atoms with van der Waals surface area (Å²) >= 11 is 0. The van der Waals surface area contributed by atoms with E-state index in [4.69, 9.17) is 29.5 Å². The van der Waals surface area contributed by atoms with Gasteiger partial charge < -0.3 is 13.6 Å². The van der Waals surface area contributed by atoms with Crippen molar-refractivity contribution in [3.63, 3.8) is 0 Å². The average molecular weight is 774 g/mol. The molecule has 0 aliphatic heterocycles. The van der Waals surface area contributed by atoms with E-state index in [9.17, 15) is 1.37 Å². The van der Waals surface area contributed by atoms with Crippen LogP contribution in [0.25, 0.3) is 93.9 Å². The number of rotatable bonds is 5. The molecule has 0 aliphatic carbocycles. The second-order valence-corrected chi connectivity index (χ2v) is 15.5. The van der Waals surface area contributed by atoms with Crippen LogP contribution in [0.15, 0.2) is 173 Å². The molecule has 0 saturated heterocycles. The van der Waals surface area contributed by atoms with Gasteiger partial charge >= 0.3 is 0 Å². The fraction of sp³-hybridized carbons (Fsp3) is 0.0769. The van der Waals surface area contributed by atoms with Gasteiger partial charge in [0.25, 0.3) is 6.33 Å². The second kappa shape index (κ2) is 12.4. The minimum Gasteiger partial charge on any atom is -0.459 e. The normalized spacial score (nSPS) is 14.5. The Balaban J connectivity index is 1.06. The summed E-state index contributed by atoms with van der Waals surface area (Å²) in [7, 11) is 0. The van der Waals surface area contributed by atoms with Crippen molar-refractivity contribution in [1.82, 2.24) is 14.1 Å². The molecule has 282 valence electrons. The molecular weight excluding hydrogens is 729 g/mol. The summed E-state index contributed by atoms with van der Waals surface area (Å²) in [5.74, 6) is 1.92. The van der Waals surface area contributed by atoms with Gasteiger partial charge in [0.05, 0.1) is 40.1 Å². The van der Waals surface area contributed by atoms with Crippen molar-refractivity contribution in [3.05, 3.63) is 176 Å². The number of fused-ring (bicyclic) bond motifs is 10. The van der Waals surface area contributed by atoms with Gasteiger partial charge in [-0.1, -0.05) is 106 Å². The maximum atomic E-state index is 9.58. The number of para-hydroxylation sites is 5. The van der Waals surface area contributed by atoms with E-state index in [-0.39, 0.29) is 61.0 Å². The Morgan fingerprint density at radius 1 is 0.644 bits per heavy atom. The van der Waals surface area contributed by atoms with Gasteiger partial charge in [-0.25, -0.2) is 4.98 Å². The van der Waals surface area contributed by atoms with Gasteiger partial charge in [-0.2, -0.15) is 0 Å². The molecule has 0 radical (unpaired) electrons. The Labute approximate surface area is 351 Å². The smallest absolute Gasteiger partial charge is 0.270 e. The van der Waals surface area contributed by atoms with Crippen molar-refractivity contribution in [2.24, 2.45) is 0 Å². The molecule has 0 unspecified atom stereocenters. The van der Waals surface area contributed by atoms with Crippen LogP contribution in [-0.4, -0.2) is 14.1 Å². The van der Waals surface area contributed by atoms with Gasteiger partial charge in [-0.15, -0.1) is 0 Å². The lowest BCUT2D eigenvalue weighted by Crippen LogP contribution is -2.30. The summed E-state index contributed by atoms with van der Waals surface area (Å²) < 4.78 is 104. The van der Waals surface area contributed by atoms with Gasteiger partial charge in [0.1, 0.15) is 28.5 Å². The summed E-state index contributed by atoms with van der Waals surface area (Å²) in [5.41, 5.74) is 4.65. The first-order chi connectivity index (χ1) is 32.6. The zero-order valence-electron chi connectivity index (χ0n) is 40.9. The highest BCUT2D eigenvalue weighted by molar-refractivity contribution is 6.18. The first-order valence-corrected chi connectivity index (χ1v) is 19.1. The molecule has 7 heteroatoms. The van der Waals surface area contributed by atoms with Gasteiger partial charge in [0.2, 0.25) is 0 Å². The number of imidazole rings is 1. The van der Waals surface area contributed by atoms with Gasteiger partial charge in [-0.05, 0) is 77.6 Å². The van der Waals surface area contributed by atoms with Crippen LogP contribution in [0.2, 0.25) is 0 Å². The number of benzene rings is 7. The number of hydrogen-bond donors (Lipinski definition) is 0. The Morgan fingerprint density at radius 3 is 2.08 bits per heavy atom. The zero-order valence-corrected chi connectivity index (χ0v) is 31.9.